The highest BCUT2D eigenvalue weighted by Gasteiger charge is 2.37. The van der Waals surface area contributed by atoms with Gasteiger partial charge < -0.3 is 10.6 Å². The molecule has 2 atom stereocenters. The molecule has 2 N–H and O–H groups in total. The molecule has 2 aliphatic rings. The van der Waals surface area contributed by atoms with Crippen molar-refractivity contribution in [3.05, 3.63) is 5.56 Å². The van der Waals surface area contributed by atoms with Crippen molar-refractivity contribution in [2.24, 2.45) is 11.8 Å². The molecule has 16 heavy (non-hydrogen) atoms. The van der Waals surface area contributed by atoms with Gasteiger partial charge in [-0.05, 0) is 36.2 Å². The van der Waals surface area contributed by atoms with E-state index in [-0.39, 0.29) is 0 Å². The topological polar surface area (TPSA) is 65.9 Å². The van der Waals surface area contributed by atoms with Crippen LogP contribution in [0.2, 0.25) is 0 Å². The van der Waals surface area contributed by atoms with Gasteiger partial charge in [-0.25, -0.2) is 0 Å². The predicted octanol–water partition coefficient (Wildman–Crippen LogP) is 1.83. The summed E-state index contributed by atoms with van der Waals surface area (Å²) in [5.41, 5.74) is 6.26. The number of nitriles is 1. The Balaban J connectivity index is 1.86. The van der Waals surface area contributed by atoms with E-state index in [2.05, 4.69) is 15.3 Å². The van der Waals surface area contributed by atoms with E-state index in [0.29, 0.717) is 11.4 Å². The molecule has 2 heterocycles. The van der Waals surface area contributed by atoms with Gasteiger partial charge in [0, 0.05) is 13.1 Å². The number of nitrogens with zero attached hydrogens (tertiary/aromatic N) is 3. The normalized spacial score (nSPS) is 28.1. The summed E-state index contributed by atoms with van der Waals surface area (Å²) in [7, 11) is 0. The first kappa shape index (κ1) is 9.91. The highest BCUT2D eigenvalue weighted by molar-refractivity contribution is 7.10. The predicted molar refractivity (Wildman–Crippen MR) is 64.3 cm³/mol. The molecule has 5 heteroatoms. The molecule has 1 aliphatic carbocycles. The molecule has 0 bridgehead atoms. The summed E-state index contributed by atoms with van der Waals surface area (Å²) < 4.78 is 4.08. The quantitative estimate of drug-likeness (QED) is 0.805. The van der Waals surface area contributed by atoms with Crippen molar-refractivity contribution in [1.29, 1.82) is 5.26 Å². The summed E-state index contributed by atoms with van der Waals surface area (Å²) in [5, 5.41) is 10.0. The second kappa shape index (κ2) is 3.63. The van der Waals surface area contributed by atoms with Gasteiger partial charge in [0.15, 0.2) is 5.82 Å². The summed E-state index contributed by atoms with van der Waals surface area (Å²) in [5.74, 6) is 2.05. The van der Waals surface area contributed by atoms with Crippen LogP contribution in [0.1, 0.15) is 24.8 Å². The number of rotatable bonds is 1. The summed E-state index contributed by atoms with van der Waals surface area (Å²) in [6.45, 7) is 2.17. The third-order valence-electron chi connectivity index (χ3n) is 3.83. The van der Waals surface area contributed by atoms with E-state index in [1.165, 1.54) is 30.8 Å². The summed E-state index contributed by atoms with van der Waals surface area (Å²) >= 11 is 1.37. The van der Waals surface area contributed by atoms with E-state index >= 15 is 0 Å². The van der Waals surface area contributed by atoms with Gasteiger partial charge >= 0.3 is 0 Å². The molecule has 2 fully saturated rings. The van der Waals surface area contributed by atoms with Crippen LogP contribution in [0.15, 0.2) is 0 Å². The Bertz CT molecular complexity index is 435. The zero-order valence-corrected chi connectivity index (χ0v) is 9.83. The molecule has 0 aromatic carbocycles. The SMILES string of the molecule is N#Cc1c(N)nsc1N1CC2CCCC2C1. The first-order valence-corrected chi connectivity index (χ1v) is 6.47. The van der Waals surface area contributed by atoms with Crippen molar-refractivity contribution in [2.45, 2.75) is 19.3 Å². The number of anilines is 2. The highest BCUT2D eigenvalue weighted by atomic mass is 32.1. The molecule has 4 nitrogen and oxygen atoms in total. The number of fused-ring (bicyclic) bond motifs is 1. The summed E-state index contributed by atoms with van der Waals surface area (Å²) in [6, 6.07) is 2.17. The Morgan fingerprint density at radius 1 is 1.38 bits per heavy atom. The summed E-state index contributed by atoms with van der Waals surface area (Å²) in [4.78, 5) is 2.31. The van der Waals surface area contributed by atoms with Crippen molar-refractivity contribution >= 4 is 22.4 Å². The van der Waals surface area contributed by atoms with Crippen LogP contribution in [0.25, 0.3) is 0 Å². The Morgan fingerprint density at radius 2 is 2.06 bits per heavy atom. The number of hydrogen-bond donors (Lipinski definition) is 1. The van der Waals surface area contributed by atoms with Crippen molar-refractivity contribution in [3.8, 4) is 6.07 Å². The lowest BCUT2D eigenvalue weighted by Gasteiger charge is -2.16. The van der Waals surface area contributed by atoms with E-state index < -0.39 is 0 Å². The molecule has 0 spiro atoms. The third-order valence-corrected chi connectivity index (χ3v) is 4.75. The lowest BCUT2D eigenvalue weighted by atomic mass is 10.0. The van der Waals surface area contributed by atoms with Crippen molar-refractivity contribution in [2.75, 3.05) is 23.7 Å². The van der Waals surface area contributed by atoms with Crippen LogP contribution in [-0.2, 0) is 0 Å². The fourth-order valence-electron chi connectivity index (χ4n) is 3.02. The maximum atomic E-state index is 9.06. The molecule has 2 unspecified atom stereocenters. The zero-order chi connectivity index (χ0) is 11.1. The Hall–Kier alpha value is -1.28. The first-order valence-electron chi connectivity index (χ1n) is 5.69. The molecular weight excluding hydrogens is 220 g/mol. The number of aromatic nitrogens is 1. The average Bonchev–Trinajstić information content (AvgIpc) is 2.89. The second-order valence-electron chi connectivity index (χ2n) is 4.72. The monoisotopic (exact) mass is 234 g/mol. The van der Waals surface area contributed by atoms with E-state index in [0.717, 1.165) is 29.9 Å². The van der Waals surface area contributed by atoms with Crippen LogP contribution >= 0.6 is 11.5 Å². The number of nitrogen functional groups attached to an aromatic ring is 1. The standard InChI is InChI=1S/C11H14N4S/c12-4-9-10(13)14-16-11(9)15-5-7-2-1-3-8(7)6-15/h7-8H,1-3,5-6H2,(H2,13,14). The van der Waals surface area contributed by atoms with Crippen LogP contribution < -0.4 is 10.6 Å². The minimum atomic E-state index is 0.388. The summed E-state index contributed by atoms with van der Waals surface area (Å²) in [6.07, 6.45) is 4.06. The van der Waals surface area contributed by atoms with Crippen molar-refractivity contribution in [3.63, 3.8) is 0 Å². The number of nitrogens with two attached hydrogens (primary N) is 1. The Morgan fingerprint density at radius 3 is 2.69 bits per heavy atom. The Labute approximate surface area is 98.8 Å². The lowest BCUT2D eigenvalue weighted by Crippen LogP contribution is -2.20. The molecule has 3 rings (SSSR count). The first-order chi connectivity index (χ1) is 7.79. The zero-order valence-electron chi connectivity index (χ0n) is 9.02. The van der Waals surface area contributed by atoms with E-state index in [9.17, 15) is 0 Å². The van der Waals surface area contributed by atoms with E-state index in [1.807, 2.05) is 0 Å². The maximum Gasteiger partial charge on any atom is 0.157 e. The molecule has 1 saturated heterocycles. The van der Waals surface area contributed by atoms with Gasteiger partial charge in [0.25, 0.3) is 0 Å². The van der Waals surface area contributed by atoms with Crippen molar-refractivity contribution < 1.29 is 0 Å². The van der Waals surface area contributed by atoms with Gasteiger partial charge in [-0.2, -0.15) is 9.64 Å². The van der Waals surface area contributed by atoms with Crippen LogP contribution in [-0.4, -0.2) is 17.5 Å². The van der Waals surface area contributed by atoms with Gasteiger partial charge in [0.2, 0.25) is 0 Å². The van der Waals surface area contributed by atoms with Gasteiger partial charge in [-0.3, -0.25) is 0 Å². The van der Waals surface area contributed by atoms with Crippen LogP contribution in [0.5, 0.6) is 0 Å². The molecule has 1 saturated carbocycles. The minimum absolute atomic E-state index is 0.388. The molecule has 0 amide bonds. The molecule has 84 valence electrons. The van der Waals surface area contributed by atoms with Crippen LogP contribution in [0.3, 0.4) is 0 Å². The third kappa shape index (κ3) is 1.37. The van der Waals surface area contributed by atoms with Gasteiger partial charge in [0.1, 0.15) is 16.6 Å². The maximum absolute atomic E-state index is 9.06. The minimum Gasteiger partial charge on any atom is -0.382 e. The average molecular weight is 234 g/mol. The van der Waals surface area contributed by atoms with Crippen molar-refractivity contribution in [1.82, 2.24) is 4.37 Å². The fraction of sp³-hybridized carbons (Fsp3) is 0.636. The van der Waals surface area contributed by atoms with Gasteiger partial charge in [-0.15, -0.1) is 0 Å². The second-order valence-corrected chi connectivity index (χ2v) is 5.47. The smallest absolute Gasteiger partial charge is 0.157 e. The van der Waals surface area contributed by atoms with Gasteiger partial charge in [-0.1, -0.05) is 6.42 Å². The molecule has 1 aliphatic heterocycles. The van der Waals surface area contributed by atoms with Gasteiger partial charge in [0.05, 0.1) is 0 Å². The number of hydrogen-bond acceptors (Lipinski definition) is 5. The molecular formula is C11H14N4S. The van der Waals surface area contributed by atoms with E-state index in [1.54, 1.807) is 0 Å². The lowest BCUT2D eigenvalue weighted by molar-refractivity contribution is 0.494. The van der Waals surface area contributed by atoms with Crippen LogP contribution in [0.4, 0.5) is 10.8 Å². The molecule has 1 aromatic heterocycles. The highest BCUT2D eigenvalue weighted by Crippen LogP contribution is 2.42. The fourth-order valence-corrected chi connectivity index (χ4v) is 3.80. The van der Waals surface area contributed by atoms with Crippen LogP contribution in [0, 0.1) is 23.2 Å². The molecule has 1 aromatic rings. The Kier molecular flexibility index (Phi) is 2.25. The van der Waals surface area contributed by atoms with E-state index in [4.69, 9.17) is 11.0 Å². The largest absolute Gasteiger partial charge is 0.382 e. The molecule has 0 radical (unpaired) electrons.